The van der Waals surface area contributed by atoms with Gasteiger partial charge in [-0.25, -0.2) is 14.0 Å². The number of likely N-dealkylation sites (tertiary alicyclic amines) is 1. The van der Waals surface area contributed by atoms with Crippen LogP contribution < -0.4 is 5.69 Å². The summed E-state index contributed by atoms with van der Waals surface area (Å²) in [5.41, 5.74) is 1.28. The first-order valence-electron chi connectivity index (χ1n) is 10.2. The Morgan fingerprint density at radius 3 is 2.55 bits per heavy atom. The monoisotopic (exact) mass is 421 g/mol. The summed E-state index contributed by atoms with van der Waals surface area (Å²) in [7, 11) is 1.63. The molecule has 1 fully saturated rings. The molecule has 0 aliphatic carbocycles. The fourth-order valence-corrected chi connectivity index (χ4v) is 4.00. The summed E-state index contributed by atoms with van der Waals surface area (Å²) in [6.07, 6.45) is 1.83. The van der Waals surface area contributed by atoms with Crippen LogP contribution in [0.25, 0.3) is 5.69 Å². The van der Waals surface area contributed by atoms with Crippen LogP contribution in [0, 0.1) is 10.1 Å². The maximum atomic E-state index is 12.9. The summed E-state index contributed by atoms with van der Waals surface area (Å²) in [5.74, 6) is 0.568. The molecule has 4 rings (SSSR count). The normalized spacial score (nSPS) is 16.3. The van der Waals surface area contributed by atoms with Gasteiger partial charge in [-0.1, -0.05) is 30.3 Å². The zero-order valence-corrected chi connectivity index (χ0v) is 17.2. The third-order valence-corrected chi connectivity index (χ3v) is 5.61. The van der Waals surface area contributed by atoms with Crippen molar-refractivity contribution < 1.29 is 9.72 Å². The second-order valence-corrected chi connectivity index (χ2v) is 7.71. The fourth-order valence-electron chi connectivity index (χ4n) is 4.00. The lowest BCUT2D eigenvalue weighted by Gasteiger charge is -2.32. The van der Waals surface area contributed by atoms with Crippen molar-refractivity contribution in [3.8, 4) is 5.69 Å². The van der Waals surface area contributed by atoms with Crippen LogP contribution in [-0.2, 0) is 18.3 Å². The Morgan fingerprint density at radius 2 is 1.87 bits per heavy atom. The number of nitrogens with zero attached hydrogens (tertiary/aromatic N) is 5. The first-order valence-corrected chi connectivity index (χ1v) is 10.2. The molecule has 3 aromatic rings. The van der Waals surface area contributed by atoms with Gasteiger partial charge in [0.15, 0.2) is 0 Å². The highest BCUT2D eigenvalue weighted by Crippen LogP contribution is 2.27. The minimum atomic E-state index is -0.458. The van der Waals surface area contributed by atoms with Crippen molar-refractivity contribution >= 4 is 11.6 Å². The Morgan fingerprint density at radius 1 is 1.16 bits per heavy atom. The molecule has 9 heteroatoms. The van der Waals surface area contributed by atoms with E-state index >= 15 is 0 Å². The lowest BCUT2D eigenvalue weighted by Crippen LogP contribution is -2.40. The van der Waals surface area contributed by atoms with Gasteiger partial charge in [0.1, 0.15) is 5.82 Å². The molecule has 1 aromatic heterocycles. The molecule has 0 bridgehead atoms. The number of aromatic nitrogens is 3. The number of non-ortho nitro benzene ring substituents is 1. The molecular formula is C22H23N5O4. The van der Waals surface area contributed by atoms with Gasteiger partial charge in [-0.2, -0.15) is 5.10 Å². The fraction of sp³-hybridized carbons (Fsp3) is 0.318. The molecule has 0 radical (unpaired) electrons. The van der Waals surface area contributed by atoms with E-state index < -0.39 is 4.92 Å². The van der Waals surface area contributed by atoms with Gasteiger partial charge in [-0.3, -0.25) is 14.9 Å². The van der Waals surface area contributed by atoms with Crippen molar-refractivity contribution in [2.45, 2.75) is 25.2 Å². The van der Waals surface area contributed by atoms with Gasteiger partial charge in [0.25, 0.3) is 5.69 Å². The van der Waals surface area contributed by atoms with Crippen LogP contribution >= 0.6 is 0 Å². The Balaban J connectivity index is 1.53. The number of benzene rings is 2. The number of hydrogen-bond donors (Lipinski definition) is 0. The Kier molecular flexibility index (Phi) is 5.66. The minimum Gasteiger partial charge on any atom is -0.342 e. The van der Waals surface area contributed by atoms with E-state index in [0.717, 1.165) is 24.1 Å². The molecular weight excluding hydrogens is 398 g/mol. The molecule has 1 saturated heterocycles. The number of piperidine rings is 1. The number of nitro groups is 1. The summed E-state index contributed by atoms with van der Waals surface area (Å²) in [5, 5.41) is 15.3. The molecule has 0 spiro atoms. The maximum Gasteiger partial charge on any atom is 0.350 e. The summed E-state index contributed by atoms with van der Waals surface area (Å²) >= 11 is 0. The van der Waals surface area contributed by atoms with E-state index in [1.54, 1.807) is 28.6 Å². The van der Waals surface area contributed by atoms with Crippen LogP contribution in [0.4, 0.5) is 5.69 Å². The number of para-hydroxylation sites is 1. The Labute approximate surface area is 178 Å². The van der Waals surface area contributed by atoms with Crippen molar-refractivity contribution in [3.63, 3.8) is 0 Å². The number of hydrogen-bond acceptors (Lipinski definition) is 5. The molecule has 1 atom stereocenters. The number of rotatable bonds is 5. The maximum absolute atomic E-state index is 12.9. The van der Waals surface area contributed by atoms with Crippen molar-refractivity contribution in [1.82, 2.24) is 19.2 Å². The van der Waals surface area contributed by atoms with E-state index in [1.165, 1.54) is 16.8 Å². The minimum absolute atomic E-state index is 0.00303. The molecule has 160 valence electrons. The predicted octanol–water partition coefficient (Wildman–Crippen LogP) is 2.43. The predicted molar refractivity (Wildman–Crippen MR) is 114 cm³/mol. The van der Waals surface area contributed by atoms with Gasteiger partial charge < -0.3 is 4.90 Å². The van der Waals surface area contributed by atoms with Crippen LogP contribution in [0.15, 0.2) is 59.4 Å². The number of carbonyl (C=O) groups is 1. The number of amides is 1. The average Bonchev–Trinajstić information content (AvgIpc) is 3.09. The van der Waals surface area contributed by atoms with Crippen molar-refractivity contribution in [3.05, 3.63) is 86.6 Å². The van der Waals surface area contributed by atoms with E-state index in [-0.39, 0.29) is 29.6 Å². The van der Waals surface area contributed by atoms with Crippen LogP contribution in [0.5, 0.6) is 0 Å². The van der Waals surface area contributed by atoms with Crippen LogP contribution in [0.3, 0.4) is 0 Å². The summed E-state index contributed by atoms with van der Waals surface area (Å²) in [6.45, 7) is 1.12. The highest BCUT2D eigenvalue weighted by molar-refractivity contribution is 5.79. The molecule has 2 heterocycles. The van der Waals surface area contributed by atoms with Gasteiger partial charge in [0.2, 0.25) is 5.91 Å². The molecule has 31 heavy (non-hydrogen) atoms. The van der Waals surface area contributed by atoms with Crippen molar-refractivity contribution in [2.24, 2.45) is 7.05 Å². The molecule has 1 aliphatic heterocycles. The summed E-state index contributed by atoms with van der Waals surface area (Å²) < 4.78 is 2.95. The van der Waals surface area contributed by atoms with Crippen LogP contribution in [0.2, 0.25) is 0 Å². The van der Waals surface area contributed by atoms with Gasteiger partial charge in [-0.15, -0.1) is 0 Å². The van der Waals surface area contributed by atoms with Crippen LogP contribution in [0.1, 0.15) is 30.1 Å². The average molecular weight is 421 g/mol. The third kappa shape index (κ3) is 4.25. The molecule has 0 N–H and O–H groups in total. The first-order chi connectivity index (χ1) is 14.9. The molecule has 2 aromatic carbocycles. The van der Waals surface area contributed by atoms with Crippen molar-refractivity contribution in [1.29, 1.82) is 0 Å². The number of aryl methyl sites for hydroxylation is 1. The zero-order valence-electron chi connectivity index (χ0n) is 17.2. The standard InChI is InChI=1S/C22H23N5O4/c1-24-22(29)26(18-7-3-2-4-8-18)21(23-24)17-6-5-13-25(15-17)20(28)14-16-9-11-19(12-10-16)27(30)31/h2-4,7-12,17H,5-6,13-15H2,1H3. The molecule has 9 nitrogen and oxygen atoms in total. The highest BCUT2D eigenvalue weighted by atomic mass is 16.6. The summed E-state index contributed by atoms with van der Waals surface area (Å²) in [4.78, 5) is 37.7. The number of carbonyl (C=O) groups excluding carboxylic acids is 1. The Hall–Kier alpha value is -3.75. The van der Waals surface area contributed by atoms with E-state index in [2.05, 4.69) is 5.10 Å². The van der Waals surface area contributed by atoms with Gasteiger partial charge in [0.05, 0.1) is 17.0 Å². The van der Waals surface area contributed by atoms with E-state index in [1.807, 2.05) is 30.3 Å². The summed E-state index contributed by atoms with van der Waals surface area (Å²) in [6, 6.07) is 15.4. The molecule has 0 saturated carbocycles. The quantitative estimate of drug-likeness (QED) is 0.465. The van der Waals surface area contributed by atoms with E-state index in [0.29, 0.717) is 18.9 Å². The lowest BCUT2D eigenvalue weighted by molar-refractivity contribution is -0.384. The first kappa shape index (κ1) is 20.5. The highest BCUT2D eigenvalue weighted by Gasteiger charge is 2.29. The molecule has 1 aliphatic rings. The second kappa shape index (κ2) is 8.55. The number of nitro benzene ring substituents is 1. The topological polar surface area (TPSA) is 103 Å². The third-order valence-electron chi connectivity index (χ3n) is 5.61. The lowest BCUT2D eigenvalue weighted by atomic mass is 9.96. The van der Waals surface area contributed by atoms with Gasteiger partial charge in [-0.05, 0) is 30.5 Å². The Bertz CT molecular complexity index is 1150. The smallest absolute Gasteiger partial charge is 0.342 e. The largest absolute Gasteiger partial charge is 0.350 e. The van der Waals surface area contributed by atoms with Gasteiger partial charge >= 0.3 is 5.69 Å². The van der Waals surface area contributed by atoms with Crippen LogP contribution in [-0.4, -0.2) is 43.2 Å². The zero-order chi connectivity index (χ0) is 22.0. The molecule has 1 amide bonds. The SMILES string of the molecule is Cn1nc(C2CCCN(C(=O)Cc3ccc([N+](=O)[O-])cc3)C2)n(-c2ccccc2)c1=O. The van der Waals surface area contributed by atoms with Crippen molar-refractivity contribution in [2.75, 3.05) is 13.1 Å². The van der Waals surface area contributed by atoms with E-state index in [9.17, 15) is 19.7 Å². The van der Waals surface area contributed by atoms with Gasteiger partial charge in [0, 0.05) is 38.2 Å². The molecule has 1 unspecified atom stereocenters. The van der Waals surface area contributed by atoms with E-state index in [4.69, 9.17) is 0 Å². The second-order valence-electron chi connectivity index (χ2n) is 7.71.